The molecule has 1 fully saturated rings. The van der Waals surface area contributed by atoms with Crippen molar-refractivity contribution in [3.05, 3.63) is 29.8 Å². The van der Waals surface area contributed by atoms with E-state index in [0.717, 1.165) is 25.3 Å². The van der Waals surface area contributed by atoms with E-state index in [1.54, 1.807) is 0 Å². The van der Waals surface area contributed by atoms with Gasteiger partial charge >= 0.3 is 0 Å². The summed E-state index contributed by atoms with van der Waals surface area (Å²) < 4.78 is 5.81. The van der Waals surface area contributed by atoms with E-state index in [2.05, 4.69) is 24.1 Å². The molecular weight excluding hydrogens is 200 g/mol. The van der Waals surface area contributed by atoms with Crippen LogP contribution in [0.4, 0.5) is 0 Å². The van der Waals surface area contributed by atoms with Gasteiger partial charge in [0.25, 0.3) is 0 Å². The third-order valence-electron chi connectivity index (χ3n) is 2.81. The molecule has 88 valence electrons. The van der Waals surface area contributed by atoms with Crippen LogP contribution in [-0.4, -0.2) is 37.2 Å². The Balaban J connectivity index is 1.87. The molecule has 1 aliphatic rings. The van der Waals surface area contributed by atoms with Crippen molar-refractivity contribution in [3.63, 3.8) is 0 Å². The molecule has 3 heteroatoms. The zero-order valence-corrected chi connectivity index (χ0v) is 10.0. The maximum atomic E-state index is 5.81. The number of nitrogens with zero attached hydrogens (tertiary/aromatic N) is 1. The largest absolute Gasteiger partial charge is 0.488 e. The number of hydrogen-bond donors (Lipinski definition) is 1. The van der Waals surface area contributed by atoms with Gasteiger partial charge in [0.1, 0.15) is 11.9 Å². The molecule has 3 nitrogen and oxygen atoms in total. The van der Waals surface area contributed by atoms with Gasteiger partial charge in [-0.1, -0.05) is 12.1 Å². The number of nitrogens with two attached hydrogens (primary N) is 1. The van der Waals surface area contributed by atoms with Crippen LogP contribution in [0.15, 0.2) is 24.3 Å². The molecule has 0 spiro atoms. The first kappa shape index (κ1) is 11.4. The molecule has 0 aromatic heterocycles. The van der Waals surface area contributed by atoms with Gasteiger partial charge in [-0.3, -0.25) is 4.90 Å². The molecule has 1 aliphatic heterocycles. The van der Waals surface area contributed by atoms with Gasteiger partial charge in [-0.05, 0) is 38.1 Å². The summed E-state index contributed by atoms with van der Waals surface area (Å²) in [5.41, 5.74) is 7.02. The van der Waals surface area contributed by atoms with E-state index < -0.39 is 0 Å². The fourth-order valence-corrected chi connectivity index (χ4v) is 1.98. The van der Waals surface area contributed by atoms with Gasteiger partial charge in [-0.15, -0.1) is 0 Å². The van der Waals surface area contributed by atoms with Crippen LogP contribution in [-0.2, 0) is 6.42 Å². The van der Waals surface area contributed by atoms with E-state index in [-0.39, 0.29) is 6.04 Å². The number of ether oxygens (including phenoxy) is 1. The van der Waals surface area contributed by atoms with E-state index in [1.807, 2.05) is 19.1 Å². The summed E-state index contributed by atoms with van der Waals surface area (Å²) in [7, 11) is 2.10. The first-order chi connectivity index (χ1) is 7.63. The summed E-state index contributed by atoms with van der Waals surface area (Å²) in [4.78, 5) is 2.25. The van der Waals surface area contributed by atoms with Crippen molar-refractivity contribution in [1.82, 2.24) is 4.90 Å². The van der Waals surface area contributed by atoms with Crippen LogP contribution in [0, 0.1) is 0 Å². The third-order valence-corrected chi connectivity index (χ3v) is 2.81. The smallest absolute Gasteiger partial charge is 0.124 e. The van der Waals surface area contributed by atoms with Gasteiger partial charge < -0.3 is 10.5 Å². The highest BCUT2D eigenvalue weighted by Crippen LogP contribution is 2.18. The van der Waals surface area contributed by atoms with Crippen molar-refractivity contribution in [2.45, 2.75) is 25.5 Å². The molecule has 1 heterocycles. The zero-order valence-electron chi connectivity index (χ0n) is 10.0. The summed E-state index contributed by atoms with van der Waals surface area (Å²) in [6.45, 7) is 4.08. The Labute approximate surface area is 97.2 Å². The van der Waals surface area contributed by atoms with E-state index >= 15 is 0 Å². The van der Waals surface area contributed by atoms with Crippen molar-refractivity contribution in [1.29, 1.82) is 0 Å². The quantitative estimate of drug-likeness (QED) is 0.830. The molecule has 1 atom stereocenters. The molecule has 1 saturated heterocycles. The predicted molar refractivity (Wildman–Crippen MR) is 65.7 cm³/mol. The fourth-order valence-electron chi connectivity index (χ4n) is 1.98. The molecule has 2 rings (SSSR count). The minimum absolute atomic E-state index is 0.215. The molecule has 0 amide bonds. The number of hydrogen-bond acceptors (Lipinski definition) is 3. The molecule has 0 saturated carbocycles. The van der Waals surface area contributed by atoms with E-state index in [1.165, 1.54) is 5.56 Å². The second kappa shape index (κ2) is 4.85. The molecule has 0 bridgehead atoms. The highest BCUT2D eigenvalue weighted by Gasteiger charge is 2.24. The summed E-state index contributed by atoms with van der Waals surface area (Å²) >= 11 is 0. The van der Waals surface area contributed by atoms with Crippen LogP contribution in [0.1, 0.15) is 12.5 Å². The summed E-state index contributed by atoms with van der Waals surface area (Å²) in [5.74, 6) is 0.964. The number of benzene rings is 1. The van der Waals surface area contributed by atoms with E-state index in [4.69, 9.17) is 10.5 Å². The van der Waals surface area contributed by atoms with Gasteiger partial charge in [0.05, 0.1) is 0 Å². The average Bonchev–Trinajstić information content (AvgIpc) is 2.18. The minimum atomic E-state index is 0.215. The highest BCUT2D eigenvalue weighted by molar-refractivity contribution is 5.28. The first-order valence-electron chi connectivity index (χ1n) is 5.83. The average molecular weight is 220 g/mol. The van der Waals surface area contributed by atoms with E-state index in [0.29, 0.717) is 6.10 Å². The highest BCUT2D eigenvalue weighted by atomic mass is 16.5. The molecule has 1 unspecified atom stereocenters. The molecule has 2 N–H and O–H groups in total. The number of rotatable bonds is 4. The Morgan fingerprint density at radius 3 is 2.50 bits per heavy atom. The maximum Gasteiger partial charge on any atom is 0.124 e. The lowest BCUT2D eigenvalue weighted by Gasteiger charge is -2.36. The van der Waals surface area contributed by atoms with Gasteiger partial charge in [0, 0.05) is 19.1 Å². The molecule has 0 aliphatic carbocycles. The summed E-state index contributed by atoms with van der Waals surface area (Å²) in [6.07, 6.45) is 1.29. The van der Waals surface area contributed by atoms with Crippen molar-refractivity contribution in [3.8, 4) is 5.75 Å². The Morgan fingerprint density at radius 2 is 2.00 bits per heavy atom. The number of likely N-dealkylation sites (N-methyl/N-ethyl adjacent to an activating group) is 1. The van der Waals surface area contributed by atoms with E-state index in [9.17, 15) is 0 Å². The molecule has 1 aromatic carbocycles. The lowest BCUT2D eigenvalue weighted by Crippen LogP contribution is -2.51. The second-order valence-corrected chi connectivity index (χ2v) is 4.79. The number of likely N-dealkylation sites (tertiary alicyclic amines) is 1. The van der Waals surface area contributed by atoms with Gasteiger partial charge in [-0.2, -0.15) is 0 Å². The Bertz CT molecular complexity index is 328. The zero-order chi connectivity index (χ0) is 11.5. The van der Waals surface area contributed by atoms with Crippen LogP contribution in [0.5, 0.6) is 5.75 Å². The van der Waals surface area contributed by atoms with Gasteiger partial charge in [0.2, 0.25) is 0 Å². The van der Waals surface area contributed by atoms with Crippen molar-refractivity contribution < 1.29 is 4.74 Å². The Hall–Kier alpha value is -1.06. The minimum Gasteiger partial charge on any atom is -0.488 e. The monoisotopic (exact) mass is 220 g/mol. The second-order valence-electron chi connectivity index (χ2n) is 4.79. The van der Waals surface area contributed by atoms with Crippen molar-refractivity contribution in [2.75, 3.05) is 20.1 Å². The van der Waals surface area contributed by atoms with Gasteiger partial charge in [0.15, 0.2) is 0 Å². The SMILES string of the molecule is CC(N)Cc1ccc(OC2CN(C)C2)cc1. The molecular formula is C13H20N2O. The van der Waals surface area contributed by atoms with Crippen LogP contribution >= 0.6 is 0 Å². The topological polar surface area (TPSA) is 38.5 Å². The lowest BCUT2D eigenvalue weighted by molar-refractivity contribution is 0.0388. The fraction of sp³-hybridized carbons (Fsp3) is 0.538. The Morgan fingerprint density at radius 1 is 1.38 bits per heavy atom. The molecule has 16 heavy (non-hydrogen) atoms. The van der Waals surface area contributed by atoms with Crippen LogP contribution in [0.25, 0.3) is 0 Å². The lowest BCUT2D eigenvalue weighted by atomic mass is 10.1. The van der Waals surface area contributed by atoms with Crippen molar-refractivity contribution in [2.24, 2.45) is 5.73 Å². The normalized spacial score (nSPS) is 19.2. The third kappa shape index (κ3) is 2.97. The predicted octanol–water partition coefficient (Wildman–Crippen LogP) is 1.27. The van der Waals surface area contributed by atoms with Crippen LogP contribution in [0.3, 0.4) is 0 Å². The van der Waals surface area contributed by atoms with Gasteiger partial charge in [-0.25, -0.2) is 0 Å². The van der Waals surface area contributed by atoms with Crippen molar-refractivity contribution >= 4 is 0 Å². The summed E-state index contributed by atoms with van der Waals surface area (Å²) in [6, 6.07) is 8.49. The first-order valence-corrected chi connectivity index (χ1v) is 5.83. The standard InChI is InChI=1S/C13H20N2O/c1-10(14)7-11-3-5-12(6-4-11)16-13-8-15(2)9-13/h3-6,10,13H,7-9,14H2,1-2H3. The molecule has 1 aromatic rings. The Kier molecular flexibility index (Phi) is 3.46. The van der Waals surface area contributed by atoms with Crippen LogP contribution < -0.4 is 10.5 Å². The van der Waals surface area contributed by atoms with Crippen LogP contribution in [0.2, 0.25) is 0 Å². The maximum absolute atomic E-state index is 5.81. The summed E-state index contributed by atoms with van der Waals surface area (Å²) in [5, 5.41) is 0. The molecule has 0 radical (unpaired) electrons.